The van der Waals surface area contributed by atoms with E-state index in [1.807, 2.05) is 0 Å². The first-order valence-electron chi connectivity index (χ1n) is 8.65. The number of rotatable bonds is 2. The van der Waals surface area contributed by atoms with Crippen LogP contribution in [0, 0.1) is 5.82 Å². The van der Waals surface area contributed by atoms with Crippen LogP contribution in [0.15, 0.2) is 24.4 Å². The van der Waals surface area contributed by atoms with Gasteiger partial charge < -0.3 is 9.47 Å². The number of carbonyl (C=O) groups excluding carboxylic acids is 2. The number of hydrogen-bond acceptors (Lipinski definition) is 4. The molecule has 0 aliphatic carbocycles. The standard InChI is InChI=1S/C18H12F4N4O2S/c19-8-1-2-12-10(3-8)11-4-13-15(27)24-17(28)26(13)7-14(11)25(12)6-9-5-23-16(29-9)18(20,21)22/h1-3,5,13H,4,6-7H2,(H,24,27,28). The average molecular weight is 424 g/mol. The number of nitrogens with one attached hydrogen (secondary N) is 1. The monoisotopic (exact) mass is 424 g/mol. The number of thiazole rings is 1. The van der Waals surface area contributed by atoms with Crippen molar-refractivity contribution in [2.24, 2.45) is 0 Å². The maximum atomic E-state index is 13.9. The van der Waals surface area contributed by atoms with Crippen LogP contribution in [0.4, 0.5) is 22.4 Å². The van der Waals surface area contributed by atoms with E-state index in [-0.39, 0.29) is 19.5 Å². The summed E-state index contributed by atoms with van der Waals surface area (Å²) in [6.07, 6.45) is -3.13. The summed E-state index contributed by atoms with van der Waals surface area (Å²) >= 11 is 0.543. The molecule has 11 heteroatoms. The number of urea groups is 1. The zero-order valence-electron chi connectivity index (χ0n) is 14.6. The normalized spacial score (nSPS) is 18.9. The van der Waals surface area contributed by atoms with Crippen molar-refractivity contribution < 1.29 is 27.2 Å². The molecule has 4 heterocycles. The molecule has 3 aromatic rings. The van der Waals surface area contributed by atoms with Crippen molar-refractivity contribution in [3.05, 3.63) is 51.4 Å². The van der Waals surface area contributed by atoms with Crippen molar-refractivity contribution in [3.63, 3.8) is 0 Å². The van der Waals surface area contributed by atoms with Crippen molar-refractivity contribution in [2.45, 2.75) is 31.7 Å². The van der Waals surface area contributed by atoms with E-state index in [2.05, 4.69) is 10.3 Å². The maximum Gasteiger partial charge on any atom is 0.443 e. The van der Waals surface area contributed by atoms with Crippen molar-refractivity contribution in [2.75, 3.05) is 0 Å². The minimum Gasteiger partial charge on any atom is -0.337 e. The van der Waals surface area contributed by atoms with Gasteiger partial charge in [-0.2, -0.15) is 13.2 Å². The molecule has 2 aromatic heterocycles. The van der Waals surface area contributed by atoms with Crippen LogP contribution in [-0.4, -0.2) is 32.4 Å². The van der Waals surface area contributed by atoms with Gasteiger partial charge in [0.1, 0.15) is 11.9 Å². The fourth-order valence-electron chi connectivity index (χ4n) is 3.99. The summed E-state index contributed by atoms with van der Waals surface area (Å²) in [5.41, 5.74) is 2.03. The third-order valence-corrected chi connectivity index (χ3v) is 6.27. The SMILES string of the molecule is O=C1NC(=O)N2Cc3c(c4cc(F)ccc4n3Cc3cnc(C(F)(F)F)s3)CC12. The molecule has 0 radical (unpaired) electrons. The molecule has 3 amide bonds. The maximum absolute atomic E-state index is 13.9. The molecule has 1 aromatic carbocycles. The molecule has 1 atom stereocenters. The van der Waals surface area contributed by atoms with E-state index >= 15 is 0 Å². The summed E-state index contributed by atoms with van der Waals surface area (Å²) < 4.78 is 54.3. The first-order valence-corrected chi connectivity index (χ1v) is 9.47. The molecule has 150 valence electrons. The highest BCUT2D eigenvalue weighted by molar-refractivity contribution is 7.11. The Morgan fingerprint density at radius 2 is 2.07 bits per heavy atom. The summed E-state index contributed by atoms with van der Waals surface area (Å²) in [5, 5.41) is 1.92. The van der Waals surface area contributed by atoms with Crippen molar-refractivity contribution in [3.8, 4) is 0 Å². The van der Waals surface area contributed by atoms with E-state index in [0.717, 1.165) is 5.56 Å². The lowest BCUT2D eigenvalue weighted by atomic mass is 9.97. The van der Waals surface area contributed by atoms with Gasteiger partial charge in [0.2, 0.25) is 0 Å². The molecular weight excluding hydrogens is 412 g/mol. The Labute approximate surface area is 164 Å². The molecule has 29 heavy (non-hydrogen) atoms. The molecule has 2 aliphatic rings. The fourth-order valence-corrected chi connectivity index (χ4v) is 4.76. The zero-order valence-corrected chi connectivity index (χ0v) is 15.4. The molecule has 0 saturated carbocycles. The van der Waals surface area contributed by atoms with Gasteiger partial charge in [0.05, 0.1) is 13.1 Å². The fraction of sp³-hybridized carbons (Fsp3) is 0.278. The van der Waals surface area contributed by atoms with E-state index < -0.39 is 35.0 Å². The van der Waals surface area contributed by atoms with Crippen LogP contribution >= 0.6 is 11.3 Å². The third-order valence-electron chi connectivity index (χ3n) is 5.25. The molecule has 0 bridgehead atoms. The molecule has 1 fully saturated rings. The van der Waals surface area contributed by atoms with Crippen molar-refractivity contribution >= 4 is 34.2 Å². The van der Waals surface area contributed by atoms with Gasteiger partial charge in [0.15, 0.2) is 5.01 Å². The van der Waals surface area contributed by atoms with Crippen LogP contribution in [-0.2, 0) is 30.5 Å². The minimum atomic E-state index is -4.52. The average Bonchev–Trinajstić information content (AvgIpc) is 3.31. The Balaban J connectivity index is 1.63. The second kappa shape index (κ2) is 6.02. The number of carbonyl (C=O) groups is 2. The first-order chi connectivity index (χ1) is 13.7. The van der Waals surface area contributed by atoms with Crippen LogP contribution in [0.1, 0.15) is 21.1 Å². The summed E-state index contributed by atoms with van der Waals surface area (Å²) in [5.74, 6) is -0.862. The smallest absolute Gasteiger partial charge is 0.337 e. The van der Waals surface area contributed by atoms with Gasteiger partial charge in [-0.25, -0.2) is 14.2 Å². The summed E-state index contributed by atoms with van der Waals surface area (Å²) in [4.78, 5) is 29.4. The molecule has 0 spiro atoms. The zero-order chi connectivity index (χ0) is 20.5. The second-order valence-corrected chi connectivity index (χ2v) is 8.06. The van der Waals surface area contributed by atoms with E-state index in [1.165, 1.54) is 23.2 Å². The van der Waals surface area contributed by atoms with Gasteiger partial charge in [-0.3, -0.25) is 10.1 Å². The summed E-state index contributed by atoms with van der Waals surface area (Å²) in [7, 11) is 0. The van der Waals surface area contributed by atoms with E-state index in [0.29, 0.717) is 32.8 Å². The van der Waals surface area contributed by atoms with Crippen LogP contribution in [0.2, 0.25) is 0 Å². The second-order valence-electron chi connectivity index (χ2n) is 6.94. The van der Waals surface area contributed by atoms with Crippen LogP contribution in [0.25, 0.3) is 10.9 Å². The molecule has 5 rings (SSSR count). The quantitative estimate of drug-likeness (QED) is 0.507. The predicted octanol–water partition coefficient (Wildman–Crippen LogP) is 3.28. The van der Waals surface area contributed by atoms with E-state index in [1.54, 1.807) is 10.6 Å². The molecule has 1 saturated heterocycles. The first kappa shape index (κ1) is 18.1. The summed E-state index contributed by atoms with van der Waals surface area (Å²) in [6.45, 7) is 0.206. The lowest BCUT2D eigenvalue weighted by molar-refractivity contribution is -0.137. The van der Waals surface area contributed by atoms with Crippen molar-refractivity contribution in [1.82, 2.24) is 19.8 Å². The lowest BCUT2D eigenvalue weighted by Gasteiger charge is -2.28. The molecule has 1 unspecified atom stereocenters. The van der Waals surface area contributed by atoms with Gasteiger partial charge in [0.25, 0.3) is 5.91 Å². The molecule has 2 aliphatic heterocycles. The van der Waals surface area contributed by atoms with Gasteiger partial charge in [-0.1, -0.05) is 0 Å². The number of aromatic nitrogens is 2. The Kier molecular flexibility index (Phi) is 3.76. The largest absolute Gasteiger partial charge is 0.443 e. The number of fused-ring (bicyclic) bond motifs is 4. The molecule has 6 nitrogen and oxygen atoms in total. The van der Waals surface area contributed by atoms with Crippen LogP contribution in [0.5, 0.6) is 0 Å². The van der Waals surface area contributed by atoms with Crippen LogP contribution in [0.3, 0.4) is 0 Å². The Morgan fingerprint density at radius 3 is 2.79 bits per heavy atom. The van der Waals surface area contributed by atoms with Gasteiger partial charge in [-0.15, -0.1) is 11.3 Å². The predicted molar refractivity (Wildman–Crippen MR) is 94.7 cm³/mol. The number of hydrogen-bond donors (Lipinski definition) is 1. The van der Waals surface area contributed by atoms with E-state index in [4.69, 9.17) is 0 Å². The van der Waals surface area contributed by atoms with Gasteiger partial charge in [0, 0.05) is 34.1 Å². The number of benzene rings is 1. The van der Waals surface area contributed by atoms with Gasteiger partial charge in [-0.05, 0) is 23.8 Å². The lowest BCUT2D eigenvalue weighted by Crippen LogP contribution is -2.40. The van der Waals surface area contributed by atoms with E-state index in [9.17, 15) is 27.2 Å². The highest BCUT2D eigenvalue weighted by Crippen LogP contribution is 2.37. The highest BCUT2D eigenvalue weighted by atomic mass is 32.1. The third kappa shape index (κ3) is 2.79. The molecule has 1 N–H and O–H groups in total. The van der Waals surface area contributed by atoms with Gasteiger partial charge >= 0.3 is 12.2 Å². The summed E-state index contributed by atoms with van der Waals surface area (Å²) in [6, 6.07) is 3.00. The number of nitrogens with zero attached hydrogens (tertiary/aromatic N) is 3. The highest BCUT2D eigenvalue weighted by Gasteiger charge is 2.43. The number of amides is 3. The Morgan fingerprint density at radius 1 is 1.28 bits per heavy atom. The Hall–Kier alpha value is -2.95. The van der Waals surface area contributed by atoms with Crippen molar-refractivity contribution in [1.29, 1.82) is 0 Å². The molecular formula is C18H12F4N4O2S. The Bertz CT molecular complexity index is 1180. The number of alkyl halides is 3. The minimum absolute atomic E-state index is 0.0965. The van der Waals surface area contributed by atoms with Crippen LogP contribution < -0.4 is 5.32 Å². The topological polar surface area (TPSA) is 67.2 Å². The number of halogens is 4. The number of imide groups is 1.